The van der Waals surface area contributed by atoms with E-state index in [9.17, 15) is 4.79 Å². The van der Waals surface area contributed by atoms with E-state index in [1.165, 1.54) is 22.4 Å². The van der Waals surface area contributed by atoms with Crippen molar-refractivity contribution in [2.75, 3.05) is 36.4 Å². The second-order valence-corrected chi connectivity index (χ2v) is 11.3. The van der Waals surface area contributed by atoms with Gasteiger partial charge in [0.2, 0.25) is 0 Å². The highest BCUT2D eigenvalue weighted by molar-refractivity contribution is 6.09. The van der Waals surface area contributed by atoms with Crippen molar-refractivity contribution in [1.29, 1.82) is 0 Å². The van der Waals surface area contributed by atoms with Gasteiger partial charge in [-0.2, -0.15) is 0 Å². The van der Waals surface area contributed by atoms with Gasteiger partial charge in [-0.3, -0.25) is 14.7 Å². The molecule has 3 aromatic carbocycles. The fraction of sp³-hybridized carbons (Fsp3) is 0.314. The number of pyridine rings is 1. The number of nitrogens with one attached hydrogen (secondary N) is 1. The molecule has 5 nitrogen and oxygen atoms in total. The van der Waals surface area contributed by atoms with Crippen molar-refractivity contribution in [3.05, 3.63) is 114 Å². The molecule has 4 aromatic rings. The second kappa shape index (κ2) is 12.5. The fourth-order valence-corrected chi connectivity index (χ4v) is 5.46. The molecule has 0 bridgehead atoms. The highest BCUT2D eigenvalue weighted by Gasteiger charge is 2.20. The van der Waals surface area contributed by atoms with Gasteiger partial charge in [0.15, 0.2) is 0 Å². The van der Waals surface area contributed by atoms with Gasteiger partial charge in [0.1, 0.15) is 0 Å². The molecule has 1 fully saturated rings. The summed E-state index contributed by atoms with van der Waals surface area (Å²) in [5.41, 5.74) is 8.59. The van der Waals surface area contributed by atoms with Crippen LogP contribution < -0.4 is 10.2 Å². The molecule has 0 atom stereocenters. The van der Waals surface area contributed by atoms with Gasteiger partial charge < -0.3 is 10.2 Å². The Hall–Kier alpha value is -3.96. The maximum Gasteiger partial charge on any atom is 0.256 e. The summed E-state index contributed by atoms with van der Waals surface area (Å²) < 4.78 is 0. The summed E-state index contributed by atoms with van der Waals surface area (Å²) in [5, 5.41) is 3.16. The van der Waals surface area contributed by atoms with Crippen molar-refractivity contribution < 1.29 is 4.79 Å². The molecule has 1 N–H and O–H groups in total. The summed E-state index contributed by atoms with van der Waals surface area (Å²) in [6, 6.07) is 27.2. The molecule has 0 spiro atoms. The average molecular weight is 533 g/mol. The van der Waals surface area contributed by atoms with Crippen molar-refractivity contribution in [3.8, 4) is 11.1 Å². The third kappa shape index (κ3) is 6.43. The Morgan fingerprint density at radius 2 is 1.48 bits per heavy atom. The molecule has 5 rings (SSSR count). The molecular weight excluding hydrogens is 492 g/mol. The van der Waals surface area contributed by atoms with Crippen LogP contribution in [0, 0.1) is 0 Å². The van der Waals surface area contributed by atoms with Gasteiger partial charge in [-0.05, 0) is 82.1 Å². The van der Waals surface area contributed by atoms with E-state index in [0.29, 0.717) is 17.4 Å². The molecule has 0 radical (unpaired) electrons. The van der Waals surface area contributed by atoms with Crippen LogP contribution in [0.1, 0.15) is 66.6 Å². The van der Waals surface area contributed by atoms with Gasteiger partial charge in [-0.25, -0.2) is 0 Å². The molecule has 0 unspecified atom stereocenters. The van der Waals surface area contributed by atoms with Crippen molar-refractivity contribution in [2.24, 2.45) is 0 Å². The second-order valence-electron chi connectivity index (χ2n) is 11.3. The lowest BCUT2D eigenvalue weighted by Gasteiger charge is -2.36. The smallest absolute Gasteiger partial charge is 0.256 e. The SMILES string of the molecule is CC(C)c1ccc(-c2c(C(=O)Nc3ccc(N4CCN(Cc5ccncc5)CC4)cc3)cccc2C(C)C)cc1. The molecule has 1 aromatic heterocycles. The summed E-state index contributed by atoms with van der Waals surface area (Å²) in [6.07, 6.45) is 3.72. The predicted molar refractivity (Wildman–Crippen MR) is 166 cm³/mol. The molecule has 5 heteroatoms. The summed E-state index contributed by atoms with van der Waals surface area (Å²) in [4.78, 5) is 22.6. The first-order chi connectivity index (χ1) is 19.4. The first kappa shape index (κ1) is 27.6. The zero-order chi connectivity index (χ0) is 28.1. The quantitative estimate of drug-likeness (QED) is 0.254. The minimum absolute atomic E-state index is 0.0806. The number of hydrogen-bond donors (Lipinski definition) is 1. The lowest BCUT2D eigenvalue weighted by Crippen LogP contribution is -2.45. The molecule has 1 aliphatic rings. The Balaban J connectivity index is 1.27. The first-order valence-electron chi connectivity index (χ1n) is 14.4. The van der Waals surface area contributed by atoms with Crippen LogP contribution in [0.2, 0.25) is 0 Å². The Morgan fingerprint density at radius 3 is 2.10 bits per heavy atom. The van der Waals surface area contributed by atoms with Crippen LogP contribution in [-0.2, 0) is 6.54 Å². The van der Waals surface area contributed by atoms with Gasteiger partial charge in [0, 0.05) is 62.1 Å². The summed E-state index contributed by atoms with van der Waals surface area (Å²) >= 11 is 0. The van der Waals surface area contributed by atoms with E-state index >= 15 is 0 Å². The highest BCUT2D eigenvalue weighted by atomic mass is 16.1. The molecule has 206 valence electrons. The summed E-state index contributed by atoms with van der Waals surface area (Å²) in [6.45, 7) is 13.7. The third-order valence-corrected chi connectivity index (χ3v) is 7.85. The standard InChI is InChI=1S/C35H40N4O/c1-25(2)28-8-10-29(11-9-28)34-32(26(3)4)6-5-7-33(34)35(40)37-30-12-14-31(15-13-30)39-22-20-38(21-23-39)24-27-16-18-36-19-17-27/h5-19,25-26H,20-24H2,1-4H3,(H,37,40). The van der Waals surface area contributed by atoms with Gasteiger partial charge in [-0.1, -0.05) is 64.1 Å². The van der Waals surface area contributed by atoms with Crippen LogP contribution >= 0.6 is 0 Å². The van der Waals surface area contributed by atoms with Gasteiger partial charge >= 0.3 is 0 Å². The molecule has 1 saturated heterocycles. The van der Waals surface area contributed by atoms with Crippen molar-refractivity contribution in [2.45, 2.75) is 46.1 Å². The topological polar surface area (TPSA) is 48.5 Å². The Kier molecular flexibility index (Phi) is 8.61. The van der Waals surface area contributed by atoms with E-state index in [1.807, 2.05) is 36.7 Å². The van der Waals surface area contributed by atoms with Crippen LogP contribution in [0.4, 0.5) is 11.4 Å². The van der Waals surface area contributed by atoms with Crippen LogP contribution in [0.5, 0.6) is 0 Å². The van der Waals surface area contributed by atoms with Crippen LogP contribution in [0.15, 0.2) is 91.3 Å². The summed E-state index contributed by atoms with van der Waals surface area (Å²) in [5.74, 6) is 0.691. The van der Waals surface area contributed by atoms with E-state index in [-0.39, 0.29) is 5.91 Å². The predicted octanol–water partition coefficient (Wildman–Crippen LogP) is 7.57. The molecular formula is C35H40N4O. The van der Waals surface area contributed by atoms with E-state index in [4.69, 9.17) is 0 Å². The number of nitrogens with zero attached hydrogens (tertiary/aromatic N) is 3. The minimum Gasteiger partial charge on any atom is -0.369 e. The maximum atomic E-state index is 13.6. The van der Waals surface area contributed by atoms with Crippen LogP contribution in [0.25, 0.3) is 11.1 Å². The third-order valence-electron chi connectivity index (χ3n) is 7.85. The van der Waals surface area contributed by atoms with E-state index in [2.05, 4.69) is 102 Å². The molecule has 0 saturated carbocycles. The zero-order valence-corrected chi connectivity index (χ0v) is 24.1. The summed E-state index contributed by atoms with van der Waals surface area (Å²) in [7, 11) is 0. The van der Waals surface area contributed by atoms with Crippen molar-refractivity contribution in [1.82, 2.24) is 9.88 Å². The normalized spacial score (nSPS) is 14.1. The van der Waals surface area contributed by atoms with Crippen LogP contribution in [-0.4, -0.2) is 42.0 Å². The number of anilines is 2. The van der Waals surface area contributed by atoms with E-state index in [0.717, 1.165) is 49.5 Å². The van der Waals surface area contributed by atoms with Gasteiger partial charge in [0.05, 0.1) is 0 Å². The first-order valence-corrected chi connectivity index (χ1v) is 14.4. The number of rotatable bonds is 8. The number of aromatic nitrogens is 1. The van der Waals surface area contributed by atoms with Gasteiger partial charge in [0.25, 0.3) is 5.91 Å². The Labute approximate surface area is 238 Å². The molecule has 0 aliphatic carbocycles. The van der Waals surface area contributed by atoms with E-state index in [1.54, 1.807) is 0 Å². The van der Waals surface area contributed by atoms with Crippen molar-refractivity contribution >= 4 is 17.3 Å². The molecule has 1 amide bonds. The largest absolute Gasteiger partial charge is 0.369 e. The monoisotopic (exact) mass is 532 g/mol. The number of carbonyl (C=O) groups excluding carboxylic acids is 1. The van der Waals surface area contributed by atoms with Crippen LogP contribution in [0.3, 0.4) is 0 Å². The number of carbonyl (C=O) groups is 1. The number of benzene rings is 3. The lowest BCUT2D eigenvalue weighted by atomic mass is 9.87. The number of amides is 1. The lowest BCUT2D eigenvalue weighted by molar-refractivity contribution is 0.102. The highest BCUT2D eigenvalue weighted by Crippen LogP contribution is 2.34. The number of hydrogen-bond acceptors (Lipinski definition) is 4. The number of piperazine rings is 1. The Bertz CT molecular complexity index is 1400. The minimum atomic E-state index is -0.0806. The fourth-order valence-electron chi connectivity index (χ4n) is 5.46. The van der Waals surface area contributed by atoms with E-state index < -0.39 is 0 Å². The van der Waals surface area contributed by atoms with Gasteiger partial charge in [-0.15, -0.1) is 0 Å². The average Bonchev–Trinajstić information content (AvgIpc) is 2.98. The zero-order valence-electron chi connectivity index (χ0n) is 24.1. The van der Waals surface area contributed by atoms with Crippen molar-refractivity contribution in [3.63, 3.8) is 0 Å². The maximum absolute atomic E-state index is 13.6. The molecule has 1 aliphatic heterocycles. The Morgan fingerprint density at radius 1 is 0.800 bits per heavy atom. The molecule has 2 heterocycles. The molecule has 40 heavy (non-hydrogen) atoms.